The Balaban J connectivity index is 4.52. The lowest BCUT2D eigenvalue weighted by atomic mass is 10.0. The summed E-state index contributed by atoms with van der Waals surface area (Å²) in [4.78, 5) is 0. The first-order chi connectivity index (χ1) is 5.89. The third-order valence-electron chi connectivity index (χ3n) is 1.65. The van der Waals surface area contributed by atoms with Crippen LogP contribution in [-0.4, -0.2) is 20.5 Å². The highest BCUT2D eigenvalue weighted by Gasteiger charge is 2.26. The van der Waals surface area contributed by atoms with Crippen LogP contribution in [0.5, 0.6) is 0 Å². The van der Waals surface area contributed by atoms with Crippen LogP contribution in [0.25, 0.3) is 0 Å². The maximum Gasteiger partial charge on any atom is 0.278 e. The van der Waals surface area contributed by atoms with E-state index in [1.807, 2.05) is 6.07 Å². The van der Waals surface area contributed by atoms with Crippen LogP contribution in [0.4, 0.5) is 0 Å². The van der Waals surface area contributed by atoms with Gasteiger partial charge in [-0.15, -0.1) is 0 Å². The smallest absolute Gasteiger partial charge is 0.203 e. The number of nitrogens with one attached hydrogen (secondary N) is 2. The molecule has 2 N–H and O–H groups in total. The van der Waals surface area contributed by atoms with Gasteiger partial charge in [0.2, 0.25) is 0 Å². The normalized spacial score (nSPS) is 16.2. The number of rotatable bonds is 5. The zero-order valence-electron chi connectivity index (χ0n) is 8.09. The van der Waals surface area contributed by atoms with E-state index in [0.717, 1.165) is 0 Å². The van der Waals surface area contributed by atoms with Gasteiger partial charge in [-0.2, -0.15) is 18.4 Å². The standard InChI is InChI=1S/C7H15N3O2S/c1-4-7(3,6-8)10-13(11,12)9-5-2/h9-10H,4-5H2,1-3H3. The van der Waals surface area contributed by atoms with Crippen molar-refractivity contribution in [1.82, 2.24) is 9.44 Å². The summed E-state index contributed by atoms with van der Waals surface area (Å²) in [5.74, 6) is 0. The molecule has 0 bridgehead atoms. The quantitative estimate of drug-likeness (QED) is 0.669. The third-order valence-corrected chi connectivity index (χ3v) is 3.04. The molecule has 0 aliphatic carbocycles. The van der Waals surface area contributed by atoms with E-state index in [0.29, 0.717) is 13.0 Å². The Labute approximate surface area is 79.3 Å². The Morgan fingerprint density at radius 1 is 1.46 bits per heavy atom. The third kappa shape index (κ3) is 4.22. The minimum atomic E-state index is -3.54. The summed E-state index contributed by atoms with van der Waals surface area (Å²) in [6.45, 7) is 5.27. The molecule has 0 amide bonds. The van der Waals surface area contributed by atoms with Crippen LogP contribution in [0, 0.1) is 11.3 Å². The lowest BCUT2D eigenvalue weighted by Gasteiger charge is -2.20. The molecule has 0 rings (SSSR count). The molecular formula is C7H15N3O2S. The number of hydrogen-bond donors (Lipinski definition) is 2. The van der Waals surface area contributed by atoms with Crippen molar-refractivity contribution < 1.29 is 8.42 Å². The molecule has 1 unspecified atom stereocenters. The van der Waals surface area contributed by atoms with Gasteiger partial charge in [0.05, 0.1) is 6.07 Å². The van der Waals surface area contributed by atoms with Gasteiger partial charge in [0.25, 0.3) is 10.2 Å². The van der Waals surface area contributed by atoms with E-state index >= 15 is 0 Å². The van der Waals surface area contributed by atoms with E-state index in [4.69, 9.17) is 5.26 Å². The summed E-state index contributed by atoms with van der Waals surface area (Å²) in [5, 5.41) is 8.71. The highest BCUT2D eigenvalue weighted by Crippen LogP contribution is 2.07. The van der Waals surface area contributed by atoms with Crippen LogP contribution in [0.2, 0.25) is 0 Å². The minimum absolute atomic E-state index is 0.306. The Hall–Kier alpha value is -0.640. The van der Waals surface area contributed by atoms with E-state index in [-0.39, 0.29) is 0 Å². The van der Waals surface area contributed by atoms with Gasteiger partial charge < -0.3 is 0 Å². The maximum atomic E-state index is 11.2. The molecule has 13 heavy (non-hydrogen) atoms. The number of nitriles is 1. The van der Waals surface area contributed by atoms with Crippen LogP contribution in [0.1, 0.15) is 27.2 Å². The predicted molar refractivity (Wildman–Crippen MR) is 50.0 cm³/mol. The van der Waals surface area contributed by atoms with Crippen LogP contribution in [-0.2, 0) is 10.2 Å². The largest absolute Gasteiger partial charge is 0.278 e. The van der Waals surface area contributed by atoms with Crippen molar-refractivity contribution in [1.29, 1.82) is 5.26 Å². The van der Waals surface area contributed by atoms with Gasteiger partial charge in [-0.05, 0) is 13.3 Å². The molecule has 0 aliphatic heterocycles. The van der Waals surface area contributed by atoms with Crippen LogP contribution >= 0.6 is 0 Å². The predicted octanol–water partition coefficient (Wildman–Crippen LogP) is 0.123. The summed E-state index contributed by atoms with van der Waals surface area (Å²) in [6, 6.07) is 1.91. The first-order valence-corrected chi connectivity index (χ1v) is 5.57. The average molecular weight is 205 g/mol. The highest BCUT2D eigenvalue weighted by atomic mass is 32.2. The molecule has 0 spiro atoms. The van der Waals surface area contributed by atoms with Crippen LogP contribution < -0.4 is 9.44 Å². The SMILES string of the molecule is CCNS(=O)(=O)NC(C)(C#N)CC. The molecule has 0 fully saturated rings. The van der Waals surface area contributed by atoms with Crippen molar-refractivity contribution in [2.24, 2.45) is 0 Å². The van der Waals surface area contributed by atoms with Gasteiger partial charge in [0.15, 0.2) is 0 Å². The summed E-state index contributed by atoms with van der Waals surface area (Å²) >= 11 is 0. The molecule has 0 radical (unpaired) electrons. The molecular weight excluding hydrogens is 190 g/mol. The molecule has 0 aliphatic rings. The summed E-state index contributed by atoms with van der Waals surface area (Å²) in [5.41, 5.74) is -1.03. The maximum absolute atomic E-state index is 11.2. The first-order valence-electron chi connectivity index (χ1n) is 4.09. The average Bonchev–Trinajstić information content (AvgIpc) is 2.03. The lowest BCUT2D eigenvalue weighted by molar-refractivity contribution is 0.488. The molecule has 0 aromatic heterocycles. The fourth-order valence-corrected chi connectivity index (χ4v) is 1.93. The van der Waals surface area contributed by atoms with Crippen LogP contribution in [0.15, 0.2) is 0 Å². The van der Waals surface area contributed by atoms with Gasteiger partial charge in [-0.1, -0.05) is 13.8 Å². The highest BCUT2D eigenvalue weighted by molar-refractivity contribution is 7.87. The van der Waals surface area contributed by atoms with Crippen molar-refractivity contribution in [3.63, 3.8) is 0 Å². The van der Waals surface area contributed by atoms with Crippen molar-refractivity contribution in [2.45, 2.75) is 32.7 Å². The molecule has 76 valence electrons. The molecule has 1 atom stereocenters. The molecule has 5 nitrogen and oxygen atoms in total. The second-order valence-electron chi connectivity index (χ2n) is 2.90. The fraction of sp³-hybridized carbons (Fsp3) is 0.857. The van der Waals surface area contributed by atoms with Gasteiger partial charge >= 0.3 is 0 Å². The lowest BCUT2D eigenvalue weighted by Crippen LogP contribution is -2.49. The van der Waals surface area contributed by atoms with Gasteiger partial charge in [-0.25, -0.2) is 4.72 Å². The van der Waals surface area contributed by atoms with Crippen molar-refractivity contribution in [3.8, 4) is 6.07 Å². The Kier molecular flexibility index (Phi) is 4.33. The molecule has 0 aromatic rings. The zero-order valence-corrected chi connectivity index (χ0v) is 8.90. The Morgan fingerprint density at radius 3 is 2.31 bits per heavy atom. The van der Waals surface area contributed by atoms with Gasteiger partial charge in [0, 0.05) is 6.54 Å². The Bertz CT molecular complexity index is 293. The second kappa shape index (κ2) is 4.56. The monoisotopic (exact) mass is 205 g/mol. The molecule has 0 saturated heterocycles. The molecule has 0 aromatic carbocycles. The number of hydrogen-bond acceptors (Lipinski definition) is 3. The fourth-order valence-electron chi connectivity index (χ4n) is 0.697. The molecule has 6 heteroatoms. The van der Waals surface area contributed by atoms with Crippen molar-refractivity contribution >= 4 is 10.2 Å². The Morgan fingerprint density at radius 2 is 2.00 bits per heavy atom. The van der Waals surface area contributed by atoms with E-state index in [1.54, 1.807) is 20.8 Å². The van der Waals surface area contributed by atoms with Gasteiger partial charge in [0.1, 0.15) is 5.54 Å². The second-order valence-corrected chi connectivity index (χ2v) is 4.40. The first kappa shape index (κ1) is 12.4. The van der Waals surface area contributed by atoms with Crippen molar-refractivity contribution in [2.75, 3.05) is 6.54 Å². The van der Waals surface area contributed by atoms with Crippen molar-refractivity contribution in [3.05, 3.63) is 0 Å². The molecule has 0 heterocycles. The van der Waals surface area contributed by atoms with E-state index in [2.05, 4.69) is 9.44 Å². The minimum Gasteiger partial charge on any atom is -0.203 e. The summed E-state index contributed by atoms with van der Waals surface area (Å²) in [6.07, 6.45) is 0.425. The van der Waals surface area contributed by atoms with Crippen LogP contribution in [0.3, 0.4) is 0 Å². The summed E-state index contributed by atoms with van der Waals surface area (Å²) in [7, 11) is -3.54. The number of nitrogens with zero attached hydrogens (tertiary/aromatic N) is 1. The van der Waals surface area contributed by atoms with E-state index < -0.39 is 15.7 Å². The topological polar surface area (TPSA) is 82.0 Å². The van der Waals surface area contributed by atoms with E-state index in [9.17, 15) is 8.42 Å². The summed E-state index contributed by atoms with van der Waals surface area (Å²) < 4.78 is 26.9. The van der Waals surface area contributed by atoms with Gasteiger partial charge in [-0.3, -0.25) is 0 Å². The zero-order chi connectivity index (χ0) is 10.5. The van der Waals surface area contributed by atoms with E-state index in [1.165, 1.54) is 0 Å². The molecule has 0 saturated carbocycles.